The second kappa shape index (κ2) is 8.45. The Hall–Kier alpha value is -3.54. The van der Waals surface area contributed by atoms with Gasteiger partial charge in [0.2, 0.25) is 11.7 Å². The van der Waals surface area contributed by atoms with E-state index in [0.29, 0.717) is 42.3 Å². The first-order valence-electron chi connectivity index (χ1n) is 9.90. The molecule has 154 valence electrons. The Bertz CT molecular complexity index is 1070. The quantitative estimate of drug-likeness (QED) is 0.612. The molecule has 1 atom stereocenters. The molecular weight excluding hydrogens is 380 g/mol. The largest absolute Gasteiger partial charge is 0.497 e. The van der Waals surface area contributed by atoms with E-state index in [-0.39, 0.29) is 17.6 Å². The summed E-state index contributed by atoms with van der Waals surface area (Å²) in [5.41, 5.74) is 3.04. The number of carbonyl (C=O) groups excluding carboxylic acids is 2. The van der Waals surface area contributed by atoms with Gasteiger partial charge in [0.1, 0.15) is 11.5 Å². The van der Waals surface area contributed by atoms with E-state index in [2.05, 4.69) is 5.32 Å². The molecule has 0 bridgehead atoms. The Kier molecular flexibility index (Phi) is 5.57. The van der Waals surface area contributed by atoms with Crippen LogP contribution in [0.15, 0.2) is 60.7 Å². The summed E-state index contributed by atoms with van der Waals surface area (Å²) in [7, 11) is 3.19. The molecule has 0 saturated heterocycles. The van der Waals surface area contributed by atoms with Crippen LogP contribution >= 0.6 is 0 Å². The molecule has 6 heteroatoms. The van der Waals surface area contributed by atoms with Crippen LogP contribution in [0.5, 0.6) is 11.5 Å². The second-order valence-electron chi connectivity index (χ2n) is 7.23. The van der Waals surface area contributed by atoms with Gasteiger partial charge in [-0.2, -0.15) is 0 Å². The van der Waals surface area contributed by atoms with Crippen LogP contribution in [0.4, 0.5) is 0 Å². The fourth-order valence-corrected chi connectivity index (χ4v) is 3.95. The number of hydrogen-bond donors (Lipinski definition) is 1. The first-order valence-corrected chi connectivity index (χ1v) is 9.90. The molecule has 6 nitrogen and oxygen atoms in total. The SMILES string of the molecule is COc1ccc(CNC(=O)[C@H]2CCn3c(C(=O)c4ccccc4)ccc32)c(OC)c1. The number of ether oxygens (including phenoxy) is 2. The molecule has 2 aromatic carbocycles. The van der Waals surface area contributed by atoms with Crippen LogP contribution in [0.2, 0.25) is 0 Å². The van der Waals surface area contributed by atoms with E-state index in [1.165, 1.54) is 0 Å². The molecule has 0 fully saturated rings. The number of nitrogens with zero attached hydrogens (tertiary/aromatic N) is 1. The number of aromatic nitrogens is 1. The number of rotatable bonds is 7. The zero-order chi connectivity index (χ0) is 21.1. The van der Waals surface area contributed by atoms with Crippen molar-refractivity contribution in [1.29, 1.82) is 0 Å². The van der Waals surface area contributed by atoms with E-state index in [4.69, 9.17) is 9.47 Å². The highest BCUT2D eigenvalue weighted by Crippen LogP contribution is 2.32. The van der Waals surface area contributed by atoms with Gasteiger partial charge in [-0.3, -0.25) is 9.59 Å². The molecule has 1 amide bonds. The average molecular weight is 404 g/mol. The molecule has 1 N–H and O–H groups in total. The lowest BCUT2D eigenvalue weighted by Gasteiger charge is -2.13. The summed E-state index contributed by atoms with van der Waals surface area (Å²) in [5, 5.41) is 3.01. The topological polar surface area (TPSA) is 69.6 Å². The lowest BCUT2D eigenvalue weighted by molar-refractivity contribution is -0.122. The second-order valence-corrected chi connectivity index (χ2v) is 7.23. The number of hydrogen-bond acceptors (Lipinski definition) is 4. The standard InChI is InChI=1S/C24H24N2O4/c1-29-18-9-8-17(22(14-18)30-2)15-25-24(28)19-12-13-26-20(19)10-11-21(26)23(27)16-6-4-3-5-7-16/h3-11,14,19H,12-13,15H2,1-2H3,(H,25,28)/t19-/m0/s1. The van der Waals surface area contributed by atoms with Gasteiger partial charge in [-0.1, -0.05) is 30.3 Å². The fourth-order valence-electron chi connectivity index (χ4n) is 3.95. The van der Waals surface area contributed by atoms with Crippen LogP contribution in [0.1, 0.15) is 39.6 Å². The van der Waals surface area contributed by atoms with Crippen LogP contribution < -0.4 is 14.8 Å². The van der Waals surface area contributed by atoms with Crippen LogP contribution in [0.25, 0.3) is 0 Å². The molecule has 4 rings (SSSR count). The van der Waals surface area contributed by atoms with Crippen molar-refractivity contribution < 1.29 is 19.1 Å². The zero-order valence-corrected chi connectivity index (χ0v) is 17.1. The number of benzene rings is 2. The molecule has 1 aromatic heterocycles. The third kappa shape index (κ3) is 3.68. The monoisotopic (exact) mass is 404 g/mol. The van der Waals surface area contributed by atoms with Crippen LogP contribution in [-0.2, 0) is 17.9 Å². The summed E-state index contributed by atoms with van der Waals surface area (Å²) >= 11 is 0. The van der Waals surface area contributed by atoms with Crippen molar-refractivity contribution in [2.75, 3.05) is 14.2 Å². The Morgan fingerprint density at radius 1 is 1.03 bits per heavy atom. The Labute approximate surface area is 175 Å². The van der Waals surface area contributed by atoms with Crippen LogP contribution in [0, 0.1) is 0 Å². The molecular formula is C24H24N2O4. The Balaban J connectivity index is 1.47. The van der Waals surface area contributed by atoms with Gasteiger partial charge in [0.05, 0.1) is 25.8 Å². The van der Waals surface area contributed by atoms with Gasteiger partial charge in [0, 0.05) is 36.0 Å². The van der Waals surface area contributed by atoms with Gasteiger partial charge in [-0.25, -0.2) is 0 Å². The zero-order valence-electron chi connectivity index (χ0n) is 17.1. The maximum atomic E-state index is 12.9. The highest BCUT2D eigenvalue weighted by molar-refractivity contribution is 6.08. The highest BCUT2D eigenvalue weighted by atomic mass is 16.5. The maximum absolute atomic E-state index is 12.9. The minimum absolute atomic E-state index is 0.0223. The third-order valence-electron chi connectivity index (χ3n) is 5.55. The summed E-state index contributed by atoms with van der Waals surface area (Å²) in [4.78, 5) is 25.7. The number of carbonyl (C=O) groups is 2. The van der Waals surface area contributed by atoms with Crippen molar-refractivity contribution in [2.24, 2.45) is 0 Å². The maximum Gasteiger partial charge on any atom is 0.229 e. The van der Waals surface area contributed by atoms with E-state index >= 15 is 0 Å². The summed E-state index contributed by atoms with van der Waals surface area (Å²) in [6.45, 7) is 1.01. The lowest BCUT2D eigenvalue weighted by atomic mass is 10.0. The average Bonchev–Trinajstić information content (AvgIpc) is 3.39. The van der Waals surface area contributed by atoms with E-state index < -0.39 is 0 Å². The number of amides is 1. The molecule has 30 heavy (non-hydrogen) atoms. The Morgan fingerprint density at radius 2 is 1.83 bits per heavy atom. The summed E-state index contributed by atoms with van der Waals surface area (Å²) < 4.78 is 12.6. The molecule has 1 aliphatic rings. The minimum atomic E-state index is -0.272. The van der Waals surface area contributed by atoms with E-state index in [0.717, 1.165) is 11.3 Å². The van der Waals surface area contributed by atoms with E-state index in [9.17, 15) is 9.59 Å². The number of ketones is 1. The predicted molar refractivity (Wildman–Crippen MR) is 113 cm³/mol. The van der Waals surface area contributed by atoms with Crippen molar-refractivity contribution in [3.05, 3.63) is 83.2 Å². The first kappa shape index (κ1) is 19.8. The molecule has 3 aromatic rings. The molecule has 0 spiro atoms. The van der Waals surface area contributed by atoms with Crippen molar-refractivity contribution in [3.63, 3.8) is 0 Å². The third-order valence-corrected chi connectivity index (χ3v) is 5.55. The van der Waals surface area contributed by atoms with Gasteiger partial charge in [-0.15, -0.1) is 0 Å². The molecule has 1 aliphatic heterocycles. The predicted octanol–water partition coefficient (Wildman–Crippen LogP) is 3.54. The normalized spacial score (nSPS) is 14.8. The highest BCUT2D eigenvalue weighted by Gasteiger charge is 2.31. The molecule has 0 unspecified atom stereocenters. The van der Waals surface area contributed by atoms with Gasteiger partial charge in [-0.05, 0) is 30.7 Å². The van der Waals surface area contributed by atoms with Crippen LogP contribution in [-0.4, -0.2) is 30.5 Å². The van der Waals surface area contributed by atoms with Crippen molar-refractivity contribution in [3.8, 4) is 11.5 Å². The van der Waals surface area contributed by atoms with Gasteiger partial charge < -0.3 is 19.4 Å². The van der Waals surface area contributed by atoms with Crippen molar-refractivity contribution in [1.82, 2.24) is 9.88 Å². The van der Waals surface area contributed by atoms with Crippen molar-refractivity contribution in [2.45, 2.75) is 25.4 Å². The number of fused-ring (bicyclic) bond motifs is 1. The molecule has 0 saturated carbocycles. The van der Waals surface area contributed by atoms with Gasteiger partial charge in [0.15, 0.2) is 0 Å². The minimum Gasteiger partial charge on any atom is -0.497 e. The van der Waals surface area contributed by atoms with E-state index in [1.807, 2.05) is 59.2 Å². The van der Waals surface area contributed by atoms with Crippen molar-refractivity contribution >= 4 is 11.7 Å². The summed E-state index contributed by atoms with van der Waals surface area (Å²) in [5.74, 6) is 1.02. The molecule has 0 aliphatic carbocycles. The number of methoxy groups -OCH3 is 2. The van der Waals surface area contributed by atoms with E-state index in [1.54, 1.807) is 20.3 Å². The van der Waals surface area contributed by atoms with Gasteiger partial charge in [0.25, 0.3) is 0 Å². The fraction of sp³-hybridized carbons (Fsp3) is 0.250. The summed E-state index contributed by atoms with van der Waals surface area (Å²) in [6.07, 6.45) is 0.677. The Morgan fingerprint density at radius 3 is 2.57 bits per heavy atom. The summed E-state index contributed by atoms with van der Waals surface area (Å²) in [6, 6.07) is 18.4. The molecule has 0 radical (unpaired) electrons. The number of nitrogens with one attached hydrogen (secondary N) is 1. The molecule has 2 heterocycles. The first-order chi connectivity index (χ1) is 14.6. The smallest absolute Gasteiger partial charge is 0.229 e. The lowest BCUT2D eigenvalue weighted by Crippen LogP contribution is -2.28. The van der Waals surface area contributed by atoms with Crippen LogP contribution in [0.3, 0.4) is 0 Å². The van der Waals surface area contributed by atoms with Gasteiger partial charge >= 0.3 is 0 Å².